The van der Waals surface area contributed by atoms with Crippen molar-refractivity contribution < 1.29 is 13.7 Å². The van der Waals surface area contributed by atoms with Gasteiger partial charge in [-0.3, -0.25) is 0 Å². The lowest BCUT2D eigenvalue weighted by molar-refractivity contribution is -0.651. The molecule has 0 amide bonds. The smallest absolute Gasteiger partial charge is 0.373 e. The second-order valence-electron chi connectivity index (χ2n) is 5.46. The number of hydrogen-bond donors (Lipinski definition) is 1. The highest BCUT2D eigenvalue weighted by atomic mass is 16.5. The van der Waals surface area contributed by atoms with Gasteiger partial charge in [-0.05, 0) is 30.3 Å². The zero-order chi connectivity index (χ0) is 15.8. The molecule has 2 aromatic heterocycles. The Kier molecular flexibility index (Phi) is 3.15. The normalized spacial score (nSPS) is 11.7. The van der Waals surface area contributed by atoms with Gasteiger partial charge in [0, 0.05) is 28.7 Å². The van der Waals surface area contributed by atoms with E-state index in [9.17, 15) is 0 Å². The van der Waals surface area contributed by atoms with Gasteiger partial charge in [0.05, 0.1) is 13.2 Å². The average molecular weight is 305 g/mol. The van der Waals surface area contributed by atoms with Gasteiger partial charge in [-0.2, -0.15) is 4.57 Å². The third-order valence-electron chi connectivity index (χ3n) is 4.10. The monoisotopic (exact) mass is 305 g/mol. The average Bonchev–Trinajstić information content (AvgIpc) is 3.14. The quantitative estimate of drug-likeness (QED) is 0.583. The first-order valence-corrected chi connectivity index (χ1v) is 7.47. The fraction of sp³-hybridized carbons (Fsp3) is 0.105. The minimum absolute atomic E-state index is 0.809. The molecule has 1 N–H and O–H groups in total. The maximum Gasteiger partial charge on any atom is 0.373 e. The number of rotatable bonds is 3. The second-order valence-corrected chi connectivity index (χ2v) is 5.46. The molecule has 0 unspecified atom stereocenters. The number of fused-ring (bicyclic) bond motifs is 2. The van der Waals surface area contributed by atoms with E-state index in [1.54, 1.807) is 7.11 Å². The topological polar surface area (TPSA) is 42.0 Å². The summed E-state index contributed by atoms with van der Waals surface area (Å²) in [5.74, 6) is 1.66. The van der Waals surface area contributed by atoms with E-state index >= 15 is 0 Å². The van der Waals surface area contributed by atoms with Crippen molar-refractivity contribution >= 4 is 34.2 Å². The van der Waals surface area contributed by atoms with E-state index in [2.05, 4.69) is 11.1 Å². The predicted molar refractivity (Wildman–Crippen MR) is 91.2 cm³/mol. The molecule has 2 heterocycles. The van der Waals surface area contributed by atoms with Gasteiger partial charge in [-0.15, -0.1) is 0 Å². The molecule has 4 aromatic rings. The van der Waals surface area contributed by atoms with Crippen LogP contribution in [0.1, 0.15) is 11.5 Å². The van der Waals surface area contributed by atoms with Gasteiger partial charge in [-0.25, -0.2) is 0 Å². The highest BCUT2D eigenvalue weighted by Gasteiger charge is 2.15. The minimum atomic E-state index is 0.809. The van der Waals surface area contributed by atoms with Gasteiger partial charge in [0.2, 0.25) is 5.58 Å². The van der Waals surface area contributed by atoms with Gasteiger partial charge >= 0.3 is 5.89 Å². The molecule has 0 spiro atoms. The SMILES string of the molecule is COc1ccc2[nH]cc(/C=C/c3oc4ccccc4[n+]3C)c2c1. The number of H-pyrrole nitrogens is 1. The summed E-state index contributed by atoms with van der Waals surface area (Å²) < 4.78 is 13.2. The molecule has 0 fully saturated rings. The van der Waals surface area contributed by atoms with Crippen LogP contribution in [0, 0.1) is 0 Å². The zero-order valence-corrected chi connectivity index (χ0v) is 13.0. The number of para-hydroxylation sites is 2. The number of benzene rings is 2. The second kappa shape index (κ2) is 5.32. The first-order chi connectivity index (χ1) is 11.3. The van der Waals surface area contributed by atoms with Gasteiger partial charge in [0.1, 0.15) is 12.8 Å². The van der Waals surface area contributed by atoms with Crippen molar-refractivity contribution in [2.75, 3.05) is 7.11 Å². The Hall–Kier alpha value is -3.01. The van der Waals surface area contributed by atoms with Crippen molar-refractivity contribution in [2.45, 2.75) is 0 Å². The van der Waals surface area contributed by atoms with Crippen LogP contribution in [0.25, 0.3) is 34.2 Å². The van der Waals surface area contributed by atoms with Crippen molar-refractivity contribution in [3.8, 4) is 5.75 Å². The summed E-state index contributed by atoms with van der Waals surface area (Å²) in [5.41, 5.74) is 4.14. The summed E-state index contributed by atoms with van der Waals surface area (Å²) in [4.78, 5) is 3.27. The van der Waals surface area contributed by atoms with E-state index in [1.807, 2.05) is 66.4 Å². The number of methoxy groups -OCH3 is 1. The number of aromatic amines is 1. The zero-order valence-electron chi connectivity index (χ0n) is 13.0. The summed E-state index contributed by atoms with van der Waals surface area (Å²) in [6, 6.07) is 14.0. The van der Waals surface area contributed by atoms with Crippen LogP contribution in [0.2, 0.25) is 0 Å². The van der Waals surface area contributed by atoms with Crippen molar-refractivity contribution in [3.05, 3.63) is 60.1 Å². The third-order valence-corrected chi connectivity index (χ3v) is 4.10. The summed E-state index contributed by atoms with van der Waals surface area (Å²) >= 11 is 0. The van der Waals surface area contributed by atoms with Crippen molar-refractivity contribution in [1.82, 2.24) is 4.98 Å². The standard InChI is InChI=1S/C19H16N2O2/c1-21-17-5-3-4-6-18(17)23-19(21)10-7-13-12-20-16-9-8-14(22-2)11-15(13)16/h3-12H,1-2H3/p+1. The van der Waals surface area contributed by atoms with Crippen LogP contribution in [-0.4, -0.2) is 12.1 Å². The van der Waals surface area contributed by atoms with Crippen LogP contribution in [0.3, 0.4) is 0 Å². The fourth-order valence-electron chi connectivity index (χ4n) is 2.81. The molecule has 0 saturated heterocycles. The van der Waals surface area contributed by atoms with Gasteiger partial charge in [-0.1, -0.05) is 12.1 Å². The Labute approximate surface area is 133 Å². The van der Waals surface area contributed by atoms with Gasteiger partial charge in [0.25, 0.3) is 5.52 Å². The Morgan fingerprint density at radius 1 is 1.13 bits per heavy atom. The summed E-state index contributed by atoms with van der Waals surface area (Å²) in [6.07, 6.45) is 6.03. The Bertz CT molecular complexity index is 1020. The number of aryl methyl sites for hydroxylation is 1. The highest BCUT2D eigenvalue weighted by Crippen LogP contribution is 2.25. The molecule has 0 saturated carbocycles. The lowest BCUT2D eigenvalue weighted by Crippen LogP contribution is -2.29. The highest BCUT2D eigenvalue weighted by molar-refractivity contribution is 5.92. The first kappa shape index (κ1) is 13.6. The summed E-state index contributed by atoms with van der Waals surface area (Å²) in [6.45, 7) is 0. The van der Waals surface area contributed by atoms with E-state index in [0.717, 1.165) is 39.2 Å². The molecule has 23 heavy (non-hydrogen) atoms. The van der Waals surface area contributed by atoms with E-state index in [1.165, 1.54) is 0 Å². The summed E-state index contributed by atoms with van der Waals surface area (Å²) in [5, 5.41) is 1.12. The Morgan fingerprint density at radius 2 is 2.00 bits per heavy atom. The molecule has 4 rings (SSSR count). The molecular formula is C19H17N2O2+. The van der Waals surface area contributed by atoms with Crippen LogP contribution in [0.4, 0.5) is 0 Å². The molecule has 0 aliphatic rings. The summed E-state index contributed by atoms with van der Waals surface area (Å²) in [7, 11) is 3.68. The van der Waals surface area contributed by atoms with Crippen molar-refractivity contribution in [3.63, 3.8) is 0 Å². The lowest BCUT2D eigenvalue weighted by Gasteiger charge is -1.99. The van der Waals surface area contributed by atoms with Crippen LogP contribution in [0.5, 0.6) is 5.75 Å². The van der Waals surface area contributed by atoms with E-state index in [4.69, 9.17) is 9.15 Å². The van der Waals surface area contributed by atoms with Crippen LogP contribution >= 0.6 is 0 Å². The van der Waals surface area contributed by atoms with E-state index in [-0.39, 0.29) is 0 Å². The molecular weight excluding hydrogens is 288 g/mol. The fourth-order valence-corrected chi connectivity index (χ4v) is 2.81. The third kappa shape index (κ3) is 2.28. The molecule has 2 aromatic carbocycles. The Balaban J connectivity index is 1.77. The molecule has 114 valence electrons. The van der Waals surface area contributed by atoms with E-state index in [0.29, 0.717) is 0 Å². The number of nitrogens with one attached hydrogen (secondary N) is 1. The minimum Gasteiger partial charge on any atom is -0.497 e. The number of ether oxygens (including phenoxy) is 1. The number of aromatic nitrogens is 2. The molecule has 4 heteroatoms. The maximum absolute atomic E-state index is 5.90. The van der Waals surface area contributed by atoms with Crippen LogP contribution in [0.15, 0.2) is 53.1 Å². The van der Waals surface area contributed by atoms with Crippen molar-refractivity contribution in [1.29, 1.82) is 0 Å². The van der Waals surface area contributed by atoms with Crippen molar-refractivity contribution in [2.24, 2.45) is 7.05 Å². The maximum atomic E-state index is 5.90. The van der Waals surface area contributed by atoms with Gasteiger partial charge in [0.15, 0.2) is 0 Å². The largest absolute Gasteiger partial charge is 0.497 e. The molecule has 0 radical (unpaired) electrons. The molecule has 0 bridgehead atoms. The lowest BCUT2D eigenvalue weighted by atomic mass is 10.1. The number of hydrogen-bond acceptors (Lipinski definition) is 2. The van der Waals surface area contributed by atoms with Crippen LogP contribution in [-0.2, 0) is 7.05 Å². The molecule has 0 aliphatic carbocycles. The van der Waals surface area contributed by atoms with Gasteiger partial charge < -0.3 is 14.1 Å². The molecule has 0 aliphatic heterocycles. The number of oxazole rings is 1. The number of nitrogens with zero attached hydrogens (tertiary/aromatic N) is 1. The molecule has 4 nitrogen and oxygen atoms in total. The van der Waals surface area contributed by atoms with Crippen LogP contribution < -0.4 is 9.30 Å². The first-order valence-electron chi connectivity index (χ1n) is 7.47. The van der Waals surface area contributed by atoms with E-state index < -0.39 is 0 Å². The predicted octanol–water partition coefficient (Wildman–Crippen LogP) is 3.92. The molecule has 0 atom stereocenters. The Morgan fingerprint density at radius 3 is 2.83 bits per heavy atom.